The van der Waals surface area contributed by atoms with Crippen LogP contribution in [0.1, 0.15) is 50.7 Å². The molecular weight excluding hydrogens is 252 g/mol. The van der Waals surface area contributed by atoms with Crippen molar-refractivity contribution in [3.63, 3.8) is 0 Å². The largest absolute Gasteiger partial charge is 0.466 e. The van der Waals surface area contributed by atoms with Crippen LogP contribution in [-0.2, 0) is 5.60 Å². The lowest BCUT2D eigenvalue weighted by Crippen LogP contribution is -2.39. The number of hydrogen-bond acceptors (Lipinski definition) is 4. The minimum atomic E-state index is -0.951. The van der Waals surface area contributed by atoms with Gasteiger partial charge >= 0.3 is 0 Å². The maximum Gasteiger partial charge on any atom is 0.107 e. The zero-order chi connectivity index (χ0) is 15.4. The highest BCUT2D eigenvalue weighted by atomic mass is 16.3. The summed E-state index contributed by atoms with van der Waals surface area (Å²) in [5, 5.41) is 22.5. The topological polar surface area (TPSA) is 69.2 Å². The van der Waals surface area contributed by atoms with Crippen molar-refractivity contribution in [1.82, 2.24) is 5.32 Å². The predicted molar refractivity (Wildman–Crippen MR) is 79.3 cm³/mol. The number of nitriles is 1. The van der Waals surface area contributed by atoms with Gasteiger partial charge in [0.05, 0.1) is 6.07 Å². The van der Waals surface area contributed by atoms with Gasteiger partial charge in [0, 0.05) is 25.1 Å². The molecule has 1 heterocycles. The molecule has 1 aromatic rings. The minimum absolute atomic E-state index is 0.0488. The van der Waals surface area contributed by atoms with Gasteiger partial charge < -0.3 is 14.8 Å². The molecule has 0 bridgehead atoms. The van der Waals surface area contributed by atoms with Crippen molar-refractivity contribution in [3.05, 3.63) is 23.2 Å². The van der Waals surface area contributed by atoms with E-state index in [0.717, 1.165) is 30.0 Å². The Kier molecular flexibility index (Phi) is 5.38. The number of aliphatic hydroxyl groups is 1. The molecule has 0 aliphatic heterocycles. The number of rotatable bonds is 7. The van der Waals surface area contributed by atoms with E-state index in [1.807, 2.05) is 19.9 Å². The Balaban J connectivity index is 2.56. The van der Waals surface area contributed by atoms with Crippen LogP contribution in [0.3, 0.4) is 0 Å². The van der Waals surface area contributed by atoms with Gasteiger partial charge in [-0.05, 0) is 38.7 Å². The Labute approximate surface area is 121 Å². The molecule has 0 amide bonds. The second kappa shape index (κ2) is 6.43. The fourth-order valence-electron chi connectivity index (χ4n) is 2.39. The van der Waals surface area contributed by atoms with Crippen molar-refractivity contribution < 1.29 is 9.52 Å². The van der Waals surface area contributed by atoms with Crippen LogP contribution in [0.25, 0.3) is 0 Å². The van der Waals surface area contributed by atoms with E-state index in [-0.39, 0.29) is 5.41 Å². The predicted octanol–water partition coefficient (Wildman–Crippen LogP) is 3.02. The van der Waals surface area contributed by atoms with Crippen LogP contribution in [0.4, 0.5) is 0 Å². The van der Waals surface area contributed by atoms with Crippen LogP contribution < -0.4 is 5.32 Å². The first-order valence-corrected chi connectivity index (χ1v) is 7.05. The first kappa shape index (κ1) is 16.7. The second-order valence-corrected chi connectivity index (χ2v) is 6.53. The number of nitrogens with zero attached hydrogens (tertiary/aromatic N) is 1. The molecule has 1 unspecified atom stereocenters. The Bertz CT molecular complexity index is 481. The van der Waals surface area contributed by atoms with Crippen LogP contribution in [0, 0.1) is 30.6 Å². The van der Waals surface area contributed by atoms with Crippen molar-refractivity contribution >= 4 is 0 Å². The van der Waals surface area contributed by atoms with Crippen molar-refractivity contribution in [2.24, 2.45) is 5.41 Å². The van der Waals surface area contributed by atoms with Crippen molar-refractivity contribution in [1.29, 1.82) is 5.26 Å². The van der Waals surface area contributed by atoms with Gasteiger partial charge in [0.1, 0.15) is 17.1 Å². The van der Waals surface area contributed by atoms with Crippen LogP contribution in [0.15, 0.2) is 10.5 Å². The summed E-state index contributed by atoms with van der Waals surface area (Å²) in [5.41, 5.74) is -0.0716. The van der Waals surface area contributed by atoms with E-state index < -0.39 is 5.60 Å². The number of nitrogens with one attached hydrogen (secondary N) is 1. The molecule has 0 saturated carbocycles. The summed E-state index contributed by atoms with van der Waals surface area (Å²) in [6.07, 6.45) is 1.41. The lowest BCUT2D eigenvalue weighted by atomic mass is 9.87. The summed E-state index contributed by atoms with van der Waals surface area (Å²) in [6, 6.07) is 4.06. The van der Waals surface area contributed by atoms with Crippen LogP contribution >= 0.6 is 0 Å². The van der Waals surface area contributed by atoms with Crippen molar-refractivity contribution in [3.8, 4) is 6.07 Å². The first-order valence-electron chi connectivity index (χ1n) is 7.05. The molecule has 1 aromatic heterocycles. The lowest BCUT2D eigenvalue weighted by Gasteiger charge is -2.28. The summed E-state index contributed by atoms with van der Waals surface area (Å²) in [4.78, 5) is 0. The molecule has 0 radical (unpaired) electrons. The molecule has 0 aliphatic carbocycles. The first-order chi connectivity index (χ1) is 9.18. The van der Waals surface area contributed by atoms with Gasteiger partial charge in [-0.2, -0.15) is 5.26 Å². The Morgan fingerprint density at radius 2 is 1.95 bits per heavy atom. The quantitative estimate of drug-likeness (QED) is 0.804. The molecule has 20 heavy (non-hydrogen) atoms. The molecule has 112 valence electrons. The molecule has 0 spiro atoms. The average Bonchev–Trinajstić information content (AvgIpc) is 2.66. The Hall–Kier alpha value is -1.31. The summed E-state index contributed by atoms with van der Waals surface area (Å²) in [6.45, 7) is 11.0. The number of aryl methyl sites for hydroxylation is 2. The van der Waals surface area contributed by atoms with Gasteiger partial charge in [0.25, 0.3) is 0 Å². The molecule has 2 N–H and O–H groups in total. The third-order valence-electron chi connectivity index (χ3n) is 3.61. The second-order valence-electron chi connectivity index (χ2n) is 6.53. The van der Waals surface area contributed by atoms with Gasteiger partial charge in [-0.3, -0.25) is 0 Å². The van der Waals surface area contributed by atoms with E-state index in [0.29, 0.717) is 13.0 Å². The fraction of sp³-hybridized carbons (Fsp3) is 0.688. The molecule has 0 aliphatic rings. The summed E-state index contributed by atoms with van der Waals surface area (Å²) < 4.78 is 5.48. The van der Waals surface area contributed by atoms with Crippen LogP contribution in [-0.4, -0.2) is 18.2 Å². The average molecular weight is 278 g/mol. The van der Waals surface area contributed by atoms with Gasteiger partial charge in [-0.15, -0.1) is 0 Å². The van der Waals surface area contributed by atoms with Crippen LogP contribution in [0.2, 0.25) is 0 Å². The Morgan fingerprint density at radius 3 is 2.45 bits per heavy atom. The molecule has 1 atom stereocenters. The van der Waals surface area contributed by atoms with Crippen molar-refractivity contribution in [2.45, 2.75) is 53.1 Å². The highest BCUT2D eigenvalue weighted by molar-refractivity contribution is 5.26. The maximum atomic E-state index is 10.6. The third-order valence-corrected chi connectivity index (χ3v) is 3.61. The molecular formula is C16H26N2O2. The molecule has 0 fully saturated rings. The summed E-state index contributed by atoms with van der Waals surface area (Å²) >= 11 is 0. The zero-order valence-corrected chi connectivity index (χ0v) is 13.2. The highest BCUT2D eigenvalue weighted by Crippen LogP contribution is 2.27. The van der Waals surface area contributed by atoms with E-state index in [2.05, 4.69) is 25.2 Å². The van der Waals surface area contributed by atoms with Crippen molar-refractivity contribution in [2.75, 3.05) is 13.1 Å². The van der Waals surface area contributed by atoms with E-state index in [1.165, 1.54) is 0 Å². The van der Waals surface area contributed by atoms with Gasteiger partial charge in [0.15, 0.2) is 0 Å². The smallest absolute Gasteiger partial charge is 0.107 e. The standard InChI is InChI=1S/C16H26N2O2/c1-12-9-14(13(2)20-12)16(5,19)11-18-10-15(3,4)7-6-8-17/h9,18-19H,6-7,10-11H2,1-5H3. The summed E-state index contributed by atoms with van der Waals surface area (Å²) in [7, 11) is 0. The molecule has 0 saturated heterocycles. The van der Waals surface area contributed by atoms with Gasteiger partial charge in [0.2, 0.25) is 0 Å². The number of hydrogen-bond donors (Lipinski definition) is 2. The molecule has 4 heteroatoms. The third kappa shape index (κ3) is 4.66. The monoisotopic (exact) mass is 278 g/mol. The fourth-order valence-corrected chi connectivity index (χ4v) is 2.39. The Morgan fingerprint density at radius 1 is 1.30 bits per heavy atom. The SMILES string of the molecule is Cc1cc(C(C)(O)CNCC(C)(C)CCC#N)c(C)o1. The molecule has 0 aromatic carbocycles. The number of furan rings is 1. The normalized spacial score (nSPS) is 14.8. The van der Waals surface area contributed by atoms with Gasteiger partial charge in [-0.1, -0.05) is 13.8 Å². The summed E-state index contributed by atoms with van der Waals surface area (Å²) in [5.74, 6) is 1.57. The highest BCUT2D eigenvalue weighted by Gasteiger charge is 2.28. The molecule has 1 rings (SSSR count). The van der Waals surface area contributed by atoms with Crippen LogP contribution in [0.5, 0.6) is 0 Å². The van der Waals surface area contributed by atoms with E-state index >= 15 is 0 Å². The minimum Gasteiger partial charge on any atom is -0.466 e. The maximum absolute atomic E-state index is 10.6. The lowest BCUT2D eigenvalue weighted by molar-refractivity contribution is 0.0527. The van der Waals surface area contributed by atoms with Gasteiger partial charge in [-0.25, -0.2) is 0 Å². The van der Waals surface area contributed by atoms with E-state index in [9.17, 15) is 5.11 Å². The van der Waals surface area contributed by atoms with E-state index in [1.54, 1.807) is 6.92 Å². The molecule has 4 nitrogen and oxygen atoms in total. The zero-order valence-electron chi connectivity index (χ0n) is 13.2. The van der Waals surface area contributed by atoms with E-state index in [4.69, 9.17) is 9.68 Å².